The summed E-state index contributed by atoms with van der Waals surface area (Å²) < 4.78 is 5.32. The van der Waals surface area contributed by atoms with Crippen LogP contribution in [0.2, 0.25) is 0 Å². The molecule has 3 rings (SSSR count). The summed E-state index contributed by atoms with van der Waals surface area (Å²) in [6.07, 6.45) is 3.15. The molecular formula is C18H22N3O3+. The maximum Gasteiger partial charge on any atom is 0.279 e. The summed E-state index contributed by atoms with van der Waals surface area (Å²) in [6.45, 7) is 3.08. The number of quaternary nitrogens is 1. The van der Waals surface area contributed by atoms with Gasteiger partial charge in [-0.25, -0.2) is 0 Å². The second-order valence-electron chi connectivity index (χ2n) is 5.99. The van der Waals surface area contributed by atoms with Crippen LogP contribution in [0.1, 0.15) is 31.6 Å². The van der Waals surface area contributed by atoms with Crippen LogP contribution in [0.5, 0.6) is 0 Å². The SMILES string of the molecule is C[C@H]([NH2+]CC(=O)Nc1ccc(N2CCCC2=O)cc1)c1ccco1. The lowest BCUT2D eigenvalue weighted by atomic mass is 10.2. The monoisotopic (exact) mass is 328 g/mol. The van der Waals surface area contributed by atoms with Crippen molar-refractivity contribution in [3.63, 3.8) is 0 Å². The summed E-state index contributed by atoms with van der Waals surface area (Å²) in [6, 6.07) is 11.2. The van der Waals surface area contributed by atoms with Crippen molar-refractivity contribution in [2.75, 3.05) is 23.3 Å². The minimum absolute atomic E-state index is 0.0709. The number of furan rings is 1. The number of carbonyl (C=O) groups excluding carboxylic acids is 2. The molecule has 1 atom stereocenters. The summed E-state index contributed by atoms with van der Waals surface area (Å²) in [5.74, 6) is 0.939. The molecule has 0 bridgehead atoms. The van der Waals surface area contributed by atoms with Gasteiger partial charge in [-0.3, -0.25) is 9.59 Å². The molecule has 0 saturated carbocycles. The highest BCUT2D eigenvalue weighted by Crippen LogP contribution is 2.22. The largest absolute Gasteiger partial charge is 0.463 e. The van der Waals surface area contributed by atoms with Gasteiger partial charge in [0.05, 0.1) is 6.26 Å². The topological polar surface area (TPSA) is 79.2 Å². The number of nitrogens with two attached hydrogens (primary N) is 1. The molecule has 2 heterocycles. The normalized spacial score (nSPS) is 15.5. The molecule has 2 amide bonds. The van der Waals surface area contributed by atoms with Crippen molar-refractivity contribution < 1.29 is 19.3 Å². The average Bonchev–Trinajstić information content (AvgIpc) is 3.25. The van der Waals surface area contributed by atoms with E-state index in [-0.39, 0.29) is 17.9 Å². The van der Waals surface area contributed by atoms with Crippen LogP contribution in [-0.2, 0) is 9.59 Å². The van der Waals surface area contributed by atoms with E-state index in [1.807, 2.05) is 48.6 Å². The molecule has 2 aromatic rings. The first-order valence-electron chi connectivity index (χ1n) is 8.20. The van der Waals surface area contributed by atoms with E-state index in [0.29, 0.717) is 13.0 Å². The number of carbonyl (C=O) groups is 2. The van der Waals surface area contributed by atoms with Crippen molar-refractivity contribution in [2.45, 2.75) is 25.8 Å². The van der Waals surface area contributed by atoms with Crippen LogP contribution in [0.15, 0.2) is 47.1 Å². The number of hydrogen-bond donors (Lipinski definition) is 2. The lowest BCUT2D eigenvalue weighted by Crippen LogP contribution is -2.86. The number of nitrogens with zero attached hydrogens (tertiary/aromatic N) is 1. The van der Waals surface area contributed by atoms with Gasteiger partial charge < -0.3 is 20.0 Å². The van der Waals surface area contributed by atoms with Crippen LogP contribution in [0.3, 0.4) is 0 Å². The van der Waals surface area contributed by atoms with Gasteiger partial charge in [0.2, 0.25) is 5.91 Å². The van der Waals surface area contributed by atoms with Gasteiger partial charge in [-0.15, -0.1) is 0 Å². The molecule has 0 radical (unpaired) electrons. The molecule has 6 nitrogen and oxygen atoms in total. The molecule has 1 aliphatic rings. The fourth-order valence-corrected chi connectivity index (χ4v) is 2.81. The average molecular weight is 328 g/mol. The van der Waals surface area contributed by atoms with Gasteiger partial charge in [0.25, 0.3) is 5.91 Å². The summed E-state index contributed by atoms with van der Waals surface area (Å²) in [4.78, 5) is 25.6. The van der Waals surface area contributed by atoms with Crippen LogP contribution >= 0.6 is 0 Å². The maximum atomic E-state index is 12.0. The molecule has 3 N–H and O–H groups in total. The summed E-state index contributed by atoms with van der Waals surface area (Å²) in [5.41, 5.74) is 1.61. The third-order valence-electron chi connectivity index (χ3n) is 4.18. The molecule has 1 aliphatic heterocycles. The van der Waals surface area contributed by atoms with E-state index in [9.17, 15) is 9.59 Å². The van der Waals surface area contributed by atoms with E-state index < -0.39 is 0 Å². The van der Waals surface area contributed by atoms with Crippen LogP contribution in [-0.4, -0.2) is 24.9 Å². The molecule has 0 spiro atoms. The Morgan fingerprint density at radius 3 is 2.75 bits per heavy atom. The molecular weight excluding hydrogens is 306 g/mol. The smallest absolute Gasteiger partial charge is 0.279 e. The summed E-state index contributed by atoms with van der Waals surface area (Å²) in [5, 5.41) is 4.79. The van der Waals surface area contributed by atoms with Crippen LogP contribution in [0, 0.1) is 0 Å². The third-order valence-corrected chi connectivity index (χ3v) is 4.18. The highest BCUT2D eigenvalue weighted by Gasteiger charge is 2.21. The number of anilines is 2. The van der Waals surface area contributed by atoms with Gasteiger partial charge in [0.15, 0.2) is 12.3 Å². The Hall–Kier alpha value is -2.60. The Bertz CT molecular complexity index is 695. The number of hydrogen-bond acceptors (Lipinski definition) is 3. The summed E-state index contributed by atoms with van der Waals surface area (Å²) >= 11 is 0. The second kappa shape index (κ2) is 7.31. The Balaban J connectivity index is 1.50. The van der Waals surface area contributed by atoms with Crippen LogP contribution < -0.4 is 15.5 Å². The molecule has 0 aliphatic carbocycles. The molecule has 0 unspecified atom stereocenters. The van der Waals surface area contributed by atoms with Crippen molar-refractivity contribution in [3.8, 4) is 0 Å². The van der Waals surface area contributed by atoms with Crippen molar-refractivity contribution >= 4 is 23.2 Å². The van der Waals surface area contributed by atoms with Crippen LogP contribution in [0.4, 0.5) is 11.4 Å². The van der Waals surface area contributed by atoms with Gasteiger partial charge in [-0.05, 0) is 49.7 Å². The van der Waals surface area contributed by atoms with Crippen molar-refractivity contribution in [2.24, 2.45) is 0 Å². The van der Waals surface area contributed by atoms with E-state index in [2.05, 4.69) is 5.32 Å². The number of nitrogens with one attached hydrogen (secondary N) is 1. The lowest BCUT2D eigenvalue weighted by molar-refractivity contribution is -0.684. The molecule has 6 heteroatoms. The minimum atomic E-state index is -0.0709. The zero-order valence-electron chi connectivity index (χ0n) is 13.7. The van der Waals surface area contributed by atoms with Crippen molar-refractivity contribution in [1.82, 2.24) is 0 Å². The lowest BCUT2D eigenvalue weighted by Gasteiger charge is -2.16. The van der Waals surface area contributed by atoms with E-state index in [1.165, 1.54) is 0 Å². The fourth-order valence-electron chi connectivity index (χ4n) is 2.81. The zero-order chi connectivity index (χ0) is 16.9. The molecule has 126 valence electrons. The Labute approximate surface area is 140 Å². The van der Waals surface area contributed by atoms with Gasteiger partial charge in [0, 0.05) is 24.3 Å². The van der Waals surface area contributed by atoms with Crippen LogP contribution in [0.25, 0.3) is 0 Å². The highest BCUT2D eigenvalue weighted by molar-refractivity contribution is 5.96. The zero-order valence-corrected chi connectivity index (χ0v) is 13.7. The molecule has 1 saturated heterocycles. The predicted octanol–water partition coefficient (Wildman–Crippen LogP) is 1.67. The van der Waals surface area contributed by atoms with E-state index in [4.69, 9.17) is 4.42 Å². The second-order valence-corrected chi connectivity index (χ2v) is 5.99. The number of amides is 2. The minimum Gasteiger partial charge on any atom is -0.463 e. The standard InChI is InChI=1S/C18H21N3O3/c1-13(16-4-3-11-24-16)19-12-17(22)20-14-6-8-15(9-7-14)21-10-2-5-18(21)23/h3-4,6-9,11,13,19H,2,5,10,12H2,1H3,(H,20,22)/p+1/t13-/m0/s1. The Morgan fingerprint density at radius 1 is 1.33 bits per heavy atom. The quantitative estimate of drug-likeness (QED) is 0.846. The van der Waals surface area contributed by atoms with Gasteiger partial charge in [-0.1, -0.05) is 0 Å². The van der Waals surface area contributed by atoms with Crippen molar-refractivity contribution in [3.05, 3.63) is 48.4 Å². The number of benzene rings is 1. The predicted molar refractivity (Wildman–Crippen MR) is 90.6 cm³/mol. The van der Waals surface area contributed by atoms with Gasteiger partial charge in [0.1, 0.15) is 6.04 Å². The van der Waals surface area contributed by atoms with E-state index >= 15 is 0 Å². The van der Waals surface area contributed by atoms with Gasteiger partial charge in [-0.2, -0.15) is 0 Å². The number of rotatable bonds is 6. The Kier molecular flexibility index (Phi) is 4.96. The Morgan fingerprint density at radius 2 is 2.12 bits per heavy atom. The first kappa shape index (κ1) is 16.3. The summed E-state index contributed by atoms with van der Waals surface area (Å²) in [7, 11) is 0. The van der Waals surface area contributed by atoms with Gasteiger partial charge >= 0.3 is 0 Å². The molecule has 24 heavy (non-hydrogen) atoms. The molecule has 1 fully saturated rings. The van der Waals surface area contributed by atoms with Crippen molar-refractivity contribution in [1.29, 1.82) is 0 Å². The first-order chi connectivity index (χ1) is 11.6. The first-order valence-corrected chi connectivity index (χ1v) is 8.20. The maximum absolute atomic E-state index is 12.0. The van der Waals surface area contributed by atoms with E-state index in [1.54, 1.807) is 11.2 Å². The highest BCUT2D eigenvalue weighted by atomic mass is 16.3. The molecule has 1 aromatic carbocycles. The molecule has 1 aromatic heterocycles. The fraction of sp³-hybridized carbons (Fsp3) is 0.333. The van der Waals surface area contributed by atoms with E-state index in [0.717, 1.165) is 30.1 Å². The third kappa shape index (κ3) is 3.83.